The molecule has 0 spiro atoms. The van der Waals surface area contributed by atoms with Gasteiger partial charge in [-0.3, -0.25) is 0 Å². The molecule has 0 amide bonds. The molecule has 2 heterocycles. The lowest BCUT2D eigenvalue weighted by molar-refractivity contribution is 0.781. The maximum absolute atomic E-state index is 6.06. The molecule has 0 saturated heterocycles. The molecule has 0 bridgehead atoms. The highest BCUT2D eigenvalue weighted by atomic mass is 35.5. The zero-order valence-corrected chi connectivity index (χ0v) is 8.78. The van der Waals surface area contributed by atoms with Crippen LogP contribution in [0.2, 0.25) is 0 Å². The molecule has 2 rings (SSSR count). The van der Waals surface area contributed by atoms with Crippen molar-refractivity contribution in [3.8, 4) is 0 Å². The van der Waals surface area contributed by atoms with Gasteiger partial charge in [-0.1, -0.05) is 6.92 Å². The van der Waals surface area contributed by atoms with Gasteiger partial charge in [0.1, 0.15) is 0 Å². The monoisotopic (exact) mass is 209 g/mol. The molecule has 0 N–H and O–H groups in total. The number of nitrogens with zero attached hydrogens (tertiary/aromatic N) is 3. The molecule has 0 fully saturated rings. The molecule has 0 aromatic carbocycles. The maximum Gasteiger partial charge on any atom is 0.155 e. The van der Waals surface area contributed by atoms with Crippen LogP contribution in [0.3, 0.4) is 0 Å². The molecule has 0 aliphatic rings. The first kappa shape index (κ1) is 9.46. The summed E-state index contributed by atoms with van der Waals surface area (Å²) in [5, 5.41) is 4.25. The highest BCUT2D eigenvalue weighted by molar-refractivity contribution is 6.20. The van der Waals surface area contributed by atoms with Gasteiger partial charge in [-0.25, -0.2) is 9.50 Å². The molecule has 1 unspecified atom stereocenters. The van der Waals surface area contributed by atoms with Gasteiger partial charge in [-0.2, -0.15) is 5.10 Å². The normalized spacial score (nSPS) is 13.3. The first-order valence-electron chi connectivity index (χ1n) is 4.73. The fraction of sp³-hybridized carbons (Fsp3) is 0.400. The molecule has 14 heavy (non-hydrogen) atoms. The Balaban J connectivity index is 2.25. The SMILES string of the molecule is CCC(Cl)Cc1ccn2nccc2n1. The topological polar surface area (TPSA) is 30.2 Å². The van der Waals surface area contributed by atoms with Crippen molar-refractivity contribution in [1.82, 2.24) is 14.6 Å². The molecule has 3 nitrogen and oxygen atoms in total. The molecule has 1 atom stereocenters. The average molecular weight is 210 g/mol. The summed E-state index contributed by atoms with van der Waals surface area (Å²) in [6.07, 6.45) is 5.44. The van der Waals surface area contributed by atoms with Crippen molar-refractivity contribution in [1.29, 1.82) is 0 Å². The second-order valence-electron chi connectivity index (χ2n) is 3.26. The highest BCUT2D eigenvalue weighted by Gasteiger charge is 2.05. The van der Waals surface area contributed by atoms with E-state index in [2.05, 4.69) is 17.0 Å². The maximum atomic E-state index is 6.06. The Kier molecular flexibility index (Phi) is 2.68. The summed E-state index contributed by atoms with van der Waals surface area (Å²) in [7, 11) is 0. The summed E-state index contributed by atoms with van der Waals surface area (Å²) in [5.74, 6) is 0. The van der Waals surface area contributed by atoms with Crippen molar-refractivity contribution >= 4 is 17.2 Å². The van der Waals surface area contributed by atoms with Gasteiger partial charge in [0.25, 0.3) is 0 Å². The molecule has 2 aromatic rings. The van der Waals surface area contributed by atoms with Gasteiger partial charge in [0, 0.05) is 29.8 Å². The van der Waals surface area contributed by atoms with Crippen LogP contribution in [0.4, 0.5) is 0 Å². The van der Waals surface area contributed by atoms with Crippen LogP contribution in [-0.2, 0) is 6.42 Å². The first-order chi connectivity index (χ1) is 6.79. The Morgan fingerprint density at radius 3 is 3.14 bits per heavy atom. The van der Waals surface area contributed by atoms with Gasteiger partial charge in [0.2, 0.25) is 0 Å². The lowest BCUT2D eigenvalue weighted by Crippen LogP contribution is -2.04. The van der Waals surface area contributed by atoms with E-state index in [1.807, 2.05) is 18.3 Å². The molecule has 4 heteroatoms. The molecule has 0 radical (unpaired) electrons. The van der Waals surface area contributed by atoms with Gasteiger partial charge in [0.05, 0.1) is 6.20 Å². The molecule has 0 aliphatic heterocycles. The summed E-state index contributed by atoms with van der Waals surface area (Å²) in [6, 6.07) is 3.85. The quantitative estimate of drug-likeness (QED) is 0.727. The summed E-state index contributed by atoms with van der Waals surface area (Å²) in [5.41, 5.74) is 1.90. The number of hydrogen-bond donors (Lipinski definition) is 0. The molecule has 0 aliphatic carbocycles. The standard InChI is InChI=1S/C10H12ClN3/c1-2-8(11)7-9-4-6-14-10(13-9)3-5-12-14/h3-6,8H,2,7H2,1H3. The van der Waals surface area contributed by atoms with Gasteiger partial charge in [-0.15, -0.1) is 11.6 Å². The van der Waals surface area contributed by atoms with Crippen LogP contribution in [0, 0.1) is 0 Å². The molecule has 0 saturated carbocycles. The number of aromatic nitrogens is 3. The van der Waals surface area contributed by atoms with Crippen LogP contribution in [0.5, 0.6) is 0 Å². The molecule has 2 aromatic heterocycles. The van der Waals surface area contributed by atoms with Gasteiger partial charge in [0.15, 0.2) is 5.65 Å². The first-order valence-corrected chi connectivity index (χ1v) is 5.16. The molecule has 74 valence electrons. The van der Waals surface area contributed by atoms with E-state index >= 15 is 0 Å². The van der Waals surface area contributed by atoms with E-state index in [0.29, 0.717) is 0 Å². The molecular formula is C10H12ClN3. The van der Waals surface area contributed by atoms with E-state index in [1.54, 1.807) is 10.7 Å². The largest absolute Gasteiger partial charge is 0.234 e. The van der Waals surface area contributed by atoms with Crippen molar-refractivity contribution in [2.24, 2.45) is 0 Å². The van der Waals surface area contributed by atoms with Crippen LogP contribution < -0.4 is 0 Å². The van der Waals surface area contributed by atoms with Gasteiger partial charge < -0.3 is 0 Å². The minimum atomic E-state index is 0.174. The van der Waals surface area contributed by atoms with Crippen molar-refractivity contribution < 1.29 is 0 Å². The zero-order chi connectivity index (χ0) is 9.97. The minimum absolute atomic E-state index is 0.174. The number of hydrogen-bond acceptors (Lipinski definition) is 2. The zero-order valence-electron chi connectivity index (χ0n) is 8.02. The van der Waals surface area contributed by atoms with Gasteiger partial charge >= 0.3 is 0 Å². The van der Waals surface area contributed by atoms with E-state index in [-0.39, 0.29) is 5.38 Å². The van der Waals surface area contributed by atoms with Crippen molar-refractivity contribution in [3.63, 3.8) is 0 Å². The third kappa shape index (κ3) is 1.87. The van der Waals surface area contributed by atoms with E-state index in [0.717, 1.165) is 24.2 Å². The van der Waals surface area contributed by atoms with Crippen LogP contribution in [0.25, 0.3) is 5.65 Å². The number of rotatable bonds is 3. The Hall–Kier alpha value is -1.09. The minimum Gasteiger partial charge on any atom is -0.234 e. The average Bonchev–Trinajstić information content (AvgIpc) is 2.64. The van der Waals surface area contributed by atoms with Crippen LogP contribution in [0.1, 0.15) is 19.0 Å². The summed E-state index contributed by atoms with van der Waals surface area (Å²) >= 11 is 6.06. The van der Waals surface area contributed by atoms with Crippen molar-refractivity contribution in [3.05, 3.63) is 30.2 Å². The van der Waals surface area contributed by atoms with Crippen molar-refractivity contribution in [2.75, 3.05) is 0 Å². The fourth-order valence-electron chi connectivity index (χ4n) is 1.34. The predicted molar refractivity (Wildman–Crippen MR) is 56.6 cm³/mol. The van der Waals surface area contributed by atoms with E-state index in [4.69, 9.17) is 11.6 Å². The second kappa shape index (κ2) is 3.96. The Morgan fingerprint density at radius 1 is 1.50 bits per heavy atom. The third-order valence-electron chi connectivity index (χ3n) is 2.19. The lowest BCUT2D eigenvalue weighted by atomic mass is 10.2. The Labute approximate surface area is 87.7 Å². The lowest BCUT2D eigenvalue weighted by Gasteiger charge is -2.05. The smallest absolute Gasteiger partial charge is 0.155 e. The number of alkyl halides is 1. The number of halogens is 1. The molecular weight excluding hydrogens is 198 g/mol. The highest BCUT2D eigenvalue weighted by Crippen LogP contribution is 2.10. The number of fused-ring (bicyclic) bond motifs is 1. The van der Waals surface area contributed by atoms with Gasteiger partial charge in [-0.05, 0) is 12.5 Å². The fourth-order valence-corrected chi connectivity index (χ4v) is 1.49. The van der Waals surface area contributed by atoms with Crippen LogP contribution >= 0.6 is 11.6 Å². The van der Waals surface area contributed by atoms with E-state index in [9.17, 15) is 0 Å². The second-order valence-corrected chi connectivity index (χ2v) is 3.88. The predicted octanol–water partition coefficient (Wildman–Crippen LogP) is 2.29. The van der Waals surface area contributed by atoms with Crippen LogP contribution in [0.15, 0.2) is 24.5 Å². The van der Waals surface area contributed by atoms with E-state index < -0.39 is 0 Å². The third-order valence-corrected chi connectivity index (χ3v) is 2.65. The Morgan fingerprint density at radius 2 is 2.36 bits per heavy atom. The Bertz CT molecular complexity index is 424. The summed E-state index contributed by atoms with van der Waals surface area (Å²) in [4.78, 5) is 4.44. The van der Waals surface area contributed by atoms with Crippen molar-refractivity contribution in [2.45, 2.75) is 25.1 Å². The summed E-state index contributed by atoms with van der Waals surface area (Å²) in [6.45, 7) is 2.08. The van der Waals surface area contributed by atoms with E-state index in [1.165, 1.54) is 0 Å². The summed E-state index contributed by atoms with van der Waals surface area (Å²) < 4.78 is 1.75. The van der Waals surface area contributed by atoms with Crippen LogP contribution in [-0.4, -0.2) is 20.0 Å².